The monoisotopic (exact) mass is 244 g/mol. The summed E-state index contributed by atoms with van der Waals surface area (Å²) in [6.07, 6.45) is 4.70. The summed E-state index contributed by atoms with van der Waals surface area (Å²) in [7, 11) is -2.89. The van der Waals surface area contributed by atoms with E-state index in [1.807, 2.05) is 30.0 Å². The molecule has 0 saturated heterocycles. The van der Waals surface area contributed by atoms with Gasteiger partial charge in [0.1, 0.15) is 0 Å². The van der Waals surface area contributed by atoms with Crippen LogP contribution < -0.4 is 5.73 Å². The second-order valence-electron chi connectivity index (χ2n) is 3.93. The lowest BCUT2D eigenvalue weighted by Crippen LogP contribution is -2.14. The summed E-state index contributed by atoms with van der Waals surface area (Å²) in [6, 6.07) is 2.00. The molecule has 0 amide bonds. The molecule has 0 aromatic carbocycles. The summed E-state index contributed by atoms with van der Waals surface area (Å²) >= 11 is 0. The molecule has 16 heavy (non-hydrogen) atoms. The lowest BCUT2D eigenvalue weighted by molar-refractivity contribution is 0.590. The Morgan fingerprint density at radius 3 is 2.69 bits per heavy atom. The molecule has 2 N–H and O–H groups in total. The van der Waals surface area contributed by atoms with Gasteiger partial charge in [0, 0.05) is 30.7 Å². The van der Waals surface area contributed by atoms with Crippen LogP contribution >= 0.6 is 0 Å². The van der Waals surface area contributed by atoms with E-state index < -0.39 is 9.84 Å². The standard InChI is InChI=1S/C11H20N2O2S/c1-3-11(12)10-5-6-13(9-10)7-8-16(14,15)4-2/h5-6,9,11H,3-4,7-8,12H2,1-2H3. The van der Waals surface area contributed by atoms with Crippen LogP contribution in [0, 0.1) is 0 Å². The van der Waals surface area contributed by atoms with Crippen LogP contribution in [0.1, 0.15) is 31.9 Å². The topological polar surface area (TPSA) is 65.1 Å². The SMILES string of the molecule is CCC(N)c1ccn(CCS(=O)(=O)CC)c1. The second-order valence-corrected chi connectivity index (χ2v) is 6.41. The van der Waals surface area contributed by atoms with Crippen molar-refractivity contribution in [3.63, 3.8) is 0 Å². The van der Waals surface area contributed by atoms with Crippen molar-refractivity contribution in [2.45, 2.75) is 32.9 Å². The highest BCUT2D eigenvalue weighted by Gasteiger charge is 2.09. The average molecular weight is 244 g/mol. The van der Waals surface area contributed by atoms with Gasteiger partial charge in [0.2, 0.25) is 0 Å². The van der Waals surface area contributed by atoms with Gasteiger partial charge in [0.25, 0.3) is 0 Å². The Morgan fingerprint density at radius 2 is 2.12 bits per heavy atom. The molecular formula is C11H20N2O2S. The summed E-state index contributed by atoms with van der Waals surface area (Å²) in [5.74, 6) is 0.397. The Bertz CT molecular complexity index is 423. The molecule has 1 heterocycles. The number of hydrogen-bond donors (Lipinski definition) is 1. The van der Waals surface area contributed by atoms with Gasteiger partial charge in [-0.25, -0.2) is 8.42 Å². The molecule has 0 aliphatic heterocycles. The van der Waals surface area contributed by atoms with Crippen molar-refractivity contribution >= 4 is 9.84 Å². The number of sulfone groups is 1. The minimum absolute atomic E-state index is 0.0454. The minimum Gasteiger partial charge on any atom is -0.353 e. The predicted octanol–water partition coefficient (Wildman–Crippen LogP) is 1.33. The molecule has 0 bridgehead atoms. The first-order valence-electron chi connectivity index (χ1n) is 5.60. The molecule has 1 aromatic rings. The maximum absolute atomic E-state index is 11.3. The molecule has 92 valence electrons. The number of hydrogen-bond acceptors (Lipinski definition) is 3. The zero-order valence-electron chi connectivity index (χ0n) is 9.89. The van der Waals surface area contributed by atoms with E-state index in [0.717, 1.165) is 12.0 Å². The maximum atomic E-state index is 11.3. The van der Waals surface area contributed by atoms with Crippen molar-refractivity contribution in [3.8, 4) is 0 Å². The van der Waals surface area contributed by atoms with Gasteiger partial charge in [-0.15, -0.1) is 0 Å². The van der Waals surface area contributed by atoms with Gasteiger partial charge in [0.05, 0.1) is 5.75 Å². The molecule has 0 spiro atoms. The zero-order chi connectivity index (χ0) is 12.2. The van der Waals surface area contributed by atoms with Gasteiger partial charge in [0.15, 0.2) is 9.84 Å². The molecule has 1 rings (SSSR count). The molecule has 0 saturated carbocycles. The quantitative estimate of drug-likeness (QED) is 0.821. The molecule has 0 radical (unpaired) electrons. The highest BCUT2D eigenvalue weighted by atomic mass is 32.2. The number of nitrogens with two attached hydrogens (primary N) is 1. The van der Waals surface area contributed by atoms with Crippen molar-refractivity contribution in [2.24, 2.45) is 5.73 Å². The predicted molar refractivity (Wildman–Crippen MR) is 66.0 cm³/mol. The third-order valence-corrected chi connectivity index (χ3v) is 4.43. The molecule has 0 aliphatic carbocycles. The van der Waals surface area contributed by atoms with Crippen LogP contribution in [0.25, 0.3) is 0 Å². The Labute approximate surface area is 97.4 Å². The normalized spacial score (nSPS) is 13.9. The maximum Gasteiger partial charge on any atom is 0.151 e. The molecule has 1 atom stereocenters. The summed E-state index contributed by atoms with van der Waals surface area (Å²) in [5.41, 5.74) is 6.95. The fourth-order valence-corrected chi connectivity index (χ4v) is 2.22. The van der Waals surface area contributed by atoms with Gasteiger partial charge in [-0.1, -0.05) is 13.8 Å². The van der Waals surface area contributed by atoms with Crippen LogP contribution in [0.3, 0.4) is 0 Å². The summed E-state index contributed by atoms with van der Waals surface area (Å²) in [6.45, 7) is 4.21. The summed E-state index contributed by atoms with van der Waals surface area (Å²) in [4.78, 5) is 0. The largest absolute Gasteiger partial charge is 0.353 e. The fraction of sp³-hybridized carbons (Fsp3) is 0.636. The van der Waals surface area contributed by atoms with Crippen molar-refractivity contribution in [1.82, 2.24) is 4.57 Å². The van der Waals surface area contributed by atoms with Gasteiger partial charge >= 0.3 is 0 Å². The Hall–Kier alpha value is -0.810. The molecule has 5 heteroatoms. The lowest BCUT2D eigenvalue weighted by Gasteiger charge is -2.06. The smallest absolute Gasteiger partial charge is 0.151 e. The number of nitrogens with zero attached hydrogens (tertiary/aromatic N) is 1. The van der Waals surface area contributed by atoms with Crippen molar-refractivity contribution in [2.75, 3.05) is 11.5 Å². The highest BCUT2D eigenvalue weighted by molar-refractivity contribution is 7.91. The lowest BCUT2D eigenvalue weighted by atomic mass is 10.1. The van der Waals surface area contributed by atoms with Crippen LogP contribution in [0.5, 0.6) is 0 Å². The van der Waals surface area contributed by atoms with Crippen molar-refractivity contribution < 1.29 is 8.42 Å². The number of aryl methyl sites for hydroxylation is 1. The zero-order valence-corrected chi connectivity index (χ0v) is 10.7. The summed E-state index contributed by atoms with van der Waals surface area (Å²) < 4.78 is 24.5. The second kappa shape index (κ2) is 5.50. The molecular weight excluding hydrogens is 224 g/mol. The van der Waals surface area contributed by atoms with E-state index in [0.29, 0.717) is 6.54 Å². The van der Waals surface area contributed by atoms with E-state index in [1.165, 1.54) is 0 Å². The molecule has 4 nitrogen and oxygen atoms in total. The van der Waals surface area contributed by atoms with E-state index in [2.05, 4.69) is 0 Å². The van der Waals surface area contributed by atoms with E-state index >= 15 is 0 Å². The Morgan fingerprint density at radius 1 is 1.44 bits per heavy atom. The van der Waals surface area contributed by atoms with E-state index in [1.54, 1.807) is 6.92 Å². The molecule has 0 fully saturated rings. The van der Waals surface area contributed by atoms with Crippen LogP contribution in [0.2, 0.25) is 0 Å². The average Bonchev–Trinajstić information content (AvgIpc) is 2.74. The highest BCUT2D eigenvalue weighted by Crippen LogP contribution is 2.13. The third-order valence-electron chi connectivity index (χ3n) is 2.74. The van der Waals surface area contributed by atoms with Crippen LogP contribution in [0.4, 0.5) is 0 Å². The van der Waals surface area contributed by atoms with Crippen molar-refractivity contribution in [1.29, 1.82) is 0 Å². The Kier molecular flexibility index (Phi) is 4.56. The van der Waals surface area contributed by atoms with E-state index in [-0.39, 0.29) is 17.5 Å². The molecule has 0 aliphatic rings. The Balaban J connectivity index is 2.60. The first-order valence-corrected chi connectivity index (χ1v) is 7.42. The molecule has 1 aromatic heterocycles. The minimum atomic E-state index is -2.89. The van der Waals surface area contributed by atoms with E-state index in [4.69, 9.17) is 5.73 Å². The van der Waals surface area contributed by atoms with Gasteiger partial charge in [-0.3, -0.25) is 0 Å². The number of rotatable bonds is 6. The number of aromatic nitrogens is 1. The summed E-state index contributed by atoms with van der Waals surface area (Å²) in [5, 5.41) is 0. The first kappa shape index (κ1) is 13.3. The van der Waals surface area contributed by atoms with Gasteiger partial charge < -0.3 is 10.3 Å². The van der Waals surface area contributed by atoms with Crippen LogP contribution in [-0.4, -0.2) is 24.5 Å². The van der Waals surface area contributed by atoms with Crippen LogP contribution in [-0.2, 0) is 16.4 Å². The fourth-order valence-electron chi connectivity index (χ4n) is 1.44. The van der Waals surface area contributed by atoms with Crippen molar-refractivity contribution in [3.05, 3.63) is 24.0 Å². The van der Waals surface area contributed by atoms with Crippen LogP contribution in [0.15, 0.2) is 18.5 Å². The third kappa shape index (κ3) is 3.64. The van der Waals surface area contributed by atoms with Gasteiger partial charge in [-0.2, -0.15) is 0 Å². The van der Waals surface area contributed by atoms with Gasteiger partial charge in [-0.05, 0) is 18.1 Å². The van der Waals surface area contributed by atoms with E-state index in [9.17, 15) is 8.42 Å². The molecule has 1 unspecified atom stereocenters. The first-order chi connectivity index (χ1) is 7.48.